The van der Waals surface area contributed by atoms with Crippen LogP contribution in [0.4, 0.5) is 0 Å². The first-order valence-electron chi connectivity index (χ1n) is 7.08. The number of hydrogen-bond acceptors (Lipinski definition) is 2. The van der Waals surface area contributed by atoms with Gasteiger partial charge >= 0.3 is 5.97 Å². The highest BCUT2D eigenvalue weighted by Gasteiger charge is 2.24. The molecule has 0 saturated heterocycles. The van der Waals surface area contributed by atoms with Gasteiger partial charge in [-0.1, -0.05) is 36.2 Å². The van der Waals surface area contributed by atoms with Gasteiger partial charge in [-0.15, -0.1) is 0 Å². The Hall–Kier alpha value is -1.26. The van der Waals surface area contributed by atoms with Crippen LogP contribution in [-0.4, -0.2) is 22.5 Å². The van der Waals surface area contributed by atoms with Crippen molar-refractivity contribution in [3.8, 4) is 0 Å². The second-order valence-corrected chi connectivity index (χ2v) is 6.95. The number of hydrogen-bond donors (Lipinski definition) is 2. The van der Waals surface area contributed by atoms with Gasteiger partial charge < -0.3 is 10.4 Å². The summed E-state index contributed by atoms with van der Waals surface area (Å²) in [5, 5.41) is 12.7. The molecule has 0 fully saturated rings. The summed E-state index contributed by atoms with van der Waals surface area (Å²) in [6, 6.07) is 5.20. The highest BCUT2D eigenvalue weighted by atomic mass is 35.5. The molecule has 1 amide bonds. The van der Waals surface area contributed by atoms with Crippen molar-refractivity contribution in [1.82, 2.24) is 5.32 Å². The third-order valence-electron chi connectivity index (χ3n) is 3.41. The maximum atomic E-state index is 12.3. The van der Waals surface area contributed by atoms with Crippen molar-refractivity contribution < 1.29 is 14.7 Å². The minimum Gasteiger partial charge on any atom is -0.481 e. The number of nitrogens with one attached hydrogen (secondary N) is 1. The van der Waals surface area contributed by atoms with E-state index in [-0.39, 0.29) is 18.2 Å². The van der Waals surface area contributed by atoms with Gasteiger partial charge in [-0.3, -0.25) is 9.59 Å². The lowest BCUT2D eigenvalue weighted by Crippen LogP contribution is -2.46. The van der Waals surface area contributed by atoms with Crippen molar-refractivity contribution >= 4 is 35.1 Å². The van der Waals surface area contributed by atoms with Crippen molar-refractivity contribution in [2.45, 2.75) is 45.6 Å². The smallest absolute Gasteiger partial charge is 0.303 e. The Balaban J connectivity index is 2.63. The molecular weight excluding hydrogens is 325 g/mol. The van der Waals surface area contributed by atoms with E-state index in [1.54, 1.807) is 12.1 Å². The first kappa shape index (κ1) is 18.8. The molecule has 1 unspecified atom stereocenters. The van der Waals surface area contributed by atoms with E-state index >= 15 is 0 Å². The summed E-state index contributed by atoms with van der Waals surface area (Å²) < 4.78 is 0. The van der Waals surface area contributed by atoms with Crippen LogP contribution in [0.5, 0.6) is 0 Å². The lowest BCUT2D eigenvalue weighted by molar-refractivity contribution is -0.138. The Kier molecular flexibility index (Phi) is 6.69. The molecule has 4 nitrogen and oxygen atoms in total. The Labute approximate surface area is 140 Å². The molecule has 0 spiro atoms. The third kappa shape index (κ3) is 6.24. The summed E-state index contributed by atoms with van der Waals surface area (Å²) in [5.74, 6) is -1.27. The maximum absolute atomic E-state index is 12.3. The first-order chi connectivity index (χ1) is 10.1. The number of carbonyl (C=O) groups is 2. The van der Waals surface area contributed by atoms with Gasteiger partial charge in [0.1, 0.15) is 0 Å². The number of rotatable bonds is 7. The molecule has 0 aromatic heterocycles. The standard InChI is InChI=1S/C16H21Cl2NO3/c1-10(8-11-4-5-12(17)9-13(11)18)15(22)19-16(2,3)7-6-14(20)21/h4-5,9-10H,6-8H2,1-3H3,(H,19,22)(H,20,21). The predicted octanol–water partition coefficient (Wildman–Crippen LogP) is 3.93. The van der Waals surface area contributed by atoms with Crippen molar-refractivity contribution in [3.63, 3.8) is 0 Å². The van der Waals surface area contributed by atoms with Gasteiger partial charge in [0, 0.05) is 27.9 Å². The summed E-state index contributed by atoms with van der Waals surface area (Å²) >= 11 is 12.0. The molecule has 0 aliphatic heterocycles. The zero-order valence-corrected chi connectivity index (χ0v) is 14.5. The zero-order chi connectivity index (χ0) is 16.9. The van der Waals surface area contributed by atoms with Crippen LogP contribution in [0.25, 0.3) is 0 Å². The van der Waals surface area contributed by atoms with Crippen molar-refractivity contribution in [2.24, 2.45) is 5.92 Å². The summed E-state index contributed by atoms with van der Waals surface area (Å²) in [6.45, 7) is 5.44. The molecule has 0 bridgehead atoms. The molecule has 1 aromatic carbocycles. The van der Waals surface area contributed by atoms with Crippen molar-refractivity contribution in [2.75, 3.05) is 0 Å². The van der Waals surface area contributed by atoms with Crippen LogP contribution in [-0.2, 0) is 16.0 Å². The van der Waals surface area contributed by atoms with E-state index in [9.17, 15) is 9.59 Å². The number of amides is 1. The second-order valence-electron chi connectivity index (χ2n) is 6.11. The molecule has 0 heterocycles. The molecule has 2 N–H and O–H groups in total. The lowest BCUT2D eigenvalue weighted by atomic mass is 9.95. The Morgan fingerprint density at radius 2 is 1.95 bits per heavy atom. The molecule has 0 radical (unpaired) electrons. The molecule has 6 heteroatoms. The lowest BCUT2D eigenvalue weighted by Gasteiger charge is -2.27. The fourth-order valence-electron chi connectivity index (χ4n) is 2.05. The van der Waals surface area contributed by atoms with Gasteiger partial charge in [-0.2, -0.15) is 0 Å². The molecule has 22 heavy (non-hydrogen) atoms. The van der Waals surface area contributed by atoms with E-state index in [0.29, 0.717) is 22.9 Å². The number of carbonyl (C=O) groups excluding carboxylic acids is 1. The van der Waals surface area contributed by atoms with Gasteiger partial charge in [-0.05, 0) is 44.4 Å². The Morgan fingerprint density at radius 1 is 1.32 bits per heavy atom. The van der Waals surface area contributed by atoms with E-state index in [0.717, 1.165) is 5.56 Å². The quantitative estimate of drug-likeness (QED) is 0.786. The summed E-state index contributed by atoms with van der Waals surface area (Å²) in [6.07, 6.45) is 0.893. The summed E-state index contributed by atoms with van der Waals surface area (Å²) in [4.78, 5) is 22.9. The van der Waals surface area contributed by atoms with Gasteiger partial charge in [0.15, 0.2) is 0 Å². The summed E-state index contributed by atoms with van der Waals surface area (Å²) in [5.41, 5.74) is 0.296. The largest absolute Gasteiger partial charge is 0.481 e. The fourth-order valence-corrected chi connectivity index (χ4v) is 2.53. The summed E-state index contributed by atoms with van der Waals surface area (Å²) in [7, 11) is 0. The van der Waals surface area contributed by atoms with Crippen molar-refractivity contribution in [1.29, 1.82) is 0 Å². The first-order valence-corrected chi connectivity index (χ1v) is 7.84. The fraction of sp³-hybridized carbons (Fsp3) is 0.500. The SMILES string of the molecule is CC(Cc1ccc(Cl)cc1Cl)C(=O)NC(C)(C)CCC(=O)O. The average Bonchev–Trinajstić information content (AvgIpc) is 2.39. The Bertz CT molecular complexity index is 558. The molecule has 1 atom stereocenters. The number of halogens is 2. The van der Waals surface area contributed by atoms with Crippen LogP contribution in [0.15, 0.2) is 18.2 Å². The molecular formula is C16H21Cl2NO3. The van der Waals surface area contributed by atoms with Gasteiger partial charge in [0.2, 0.25) is 5.91 Å². The second kappa shape index (κ2) is 7.84. The van der Waals surface area contributed by atoms with Gasteiger partial charge in [0.05, 0.1) is 0 Å². The number of carboxylic acids is 1. The van der Waals surface area contributed by atoms with E-state index in [4.69, 9.17) is 28.3 Å². The number of benzene rings is 1. The molecule has 0 aliphatic rings. The normalized spacial score (nSPS) is 12.8. The molecule has 122 valence electrons. The van der Waals surface area contributed by atoms with E-state index < -0.39 is 11.5 Å². The zero-order valence-electron chi connectivity index (χ0n) is 13.0. The maximum Gasteiger partial charge on any atom is 0.303 e. The monoisotopic (exact) mass is 345 g/mol. The van der Waals surface area contributed by atoms with Gasteiger partial charge in [0.25, 0.3) is 0 Å². The van der Waals surface area contributed by atoms with Crippen LogP contribution < -0.4 is 5.32 Å². The minimum atomic E-state index is -0.872. The van der Waals surface area contributed by atoms with Crippen LogP contribution in [0, 0.1) is 5.92 Å². The van der Waals surface area contributed by atoms with Crippen LogP contribution in [0.3, 0.4) is 0 Å². The minimum absolute atomic E-state index is 0.0185. The van der Waals surface area contributed by atoms with Crippen LogP contribution >= 0.6 is 23.2 Å². The number of carboxylic acid groups (broad SMARTS) is 1. The highest BCUT2D eigenvalue weighted by Crippen LogP contribution is 2.24. The van der Waals surface area contributed by atoms with E-state index in [1.165, 1.54) is 0 Å². The topological polar surface area (TPSA) is 66.4 Å². The predicted molar refractivity (Wildman–Crippen MR) is 88.4 cm³/mol. The van der Waals surface area contributed by atoms with Crippen LogP contribution in [0.2, 0.25) is 10.0 Å². The van der Waals surface area contributed by atoms with Crippen molar-refractivity contribution in [3.05, 3.63) is 33.8 Å². The number of aliphatic carboxylic acids is 1. The third-order valence-corrected chi connectivity index (χ3v) is 4.00. The molecule has 0 aliphatic carbocycles. The van der Waals surface area contributed by atoms with Crippen LogP contribution in [0.1, 0.15) is 39.2 Å². The Morgan fingerprint density at radius 3 is 2.50 bits per heavy atom. The van der Waals surface area contributed by atoms with E-state index in [1.807, 2.05) is 26.8 Å². The van der Waals surface area contributed by atoms with Gasteiger partial charge in [-0.25, -0.2) is 0 Å². The molecule has 1 aromatic rings. The van der Waals surface area contributed by atoms with E-state index in [2.05, 4.69) is 5.32 Å². The molecule has 1 rings (SSSR count). The molecule has 0 saturated carbocycles. The highest BCUT2D eigenvalue weighted by molar-refractivity contribution is 6.35. The average molecular weight is 346 g/mol.